The van der Waals surface area contributed by atoms with Crippen LogP contribution in [0.3, 0.4) is 0 Å². The van der Waals surface area contributed by atoms with E-state index in [0.717, 1.165) is 36.8 Å². The molecule has 1 saturated heterocycles. The van der Waals surface area contributed by atoms with E-state index >= 15 is 0 Å². The Balaban J connectivity index is 1.43. The zero-order valence-corrected chi connectivity index (χ0v) is 15.9. The van der Waals surface area contributed by atoms with Crippen molar-refractivity contribution in [1.82, 2.24) is 20.2 Å². The third-order valence-electron chi connectivity index (χ3n) is 6.04. The predicted molar refractivity (Wildman–Crippen MR) is 102 cm³/mol. The second-order valence-corrected chi connectivity index (χ2v) is 7.76. The topological polar surface area (TPSA) is 87.3 Å². The average molecular weight is 370 g/mol. The summed E-state index contributed by atoms with van der Waals surface area (Å²) in [7, 11) is 1.55. The molecule has 3 heterocycles. The van der Waals surface area contributed by atoms with Crippen LogP contribution in [0.5, 0.6) is 5.88 Å². The van der Waals surface area contributed by atoms with Gasteiger partial charge in [0.1, 0.15) is 11.7 Å². The molecule has 1 atom stereocenters. The molecular weight excluding hydrogens is 344 g/mol. The number of carbonyl (C=O) groups is 2. The van der Waals surface area contributed by atoms with Crippen molar-refractivity contribution in [3.63, 3.8) is 0 Å². The Bertz CT molecular complexity index is 861. The second-order valence-electron chi connectivity index (χ2n) is 7.76. The SMILES string of the molecule is CC[C@H](NC(=O)c1cc2cc(OC)ncc2[nH]1)C(=O)N1CCC2(CC1)CC2. The highest BCUT2D eigenvalue weighted by atomic mass is 16.5. The van der Waals surface area contributed by atoms with Crippen molar-refractivity contribution in [2.45, 2.75) is 45.1 Å². The van der Waals surface area contributed by atoms with Crippen molar-refractivity contribution < 1.29 is 14.3 Å². The number of amides is 2. The Hall–Kier alpha value is -2.57. The standard InChI is InChI=1S/C20H26N4O3/c1-3-14(19(26)24-8-6-20(4-5-20)7-9-24)23-18(25)15-10-13-11-17(27-2)21-12-16(13)22-15/h10-12,14,22H,3-9H2,1-2H3,(H,23,25)/t14-/m0/s1. The molecule has 2 amide bonds. The van der Waals surface area contributed by atoms with Crippen LogP contribution in [0.25, 0.3) is 10.9 Å². The van der Waals surface area contributed by atoms with Crippen LogP contribution in [0, 0.1) is 5.41 Å². The van der Waals surface area contributed by atoms with Crippen LogP contribution in [-0.4, -0.2) is 52.9 Å². The summed E-state index contributed by atoms with van der Waals surface area (Å²) < 4.78 is 5.12. The minimum absolute atomic E-state index is 0.0285. The average Bonchev–Trinajstić information content (AvgIpc) is 3.30. The van der Waals surface area contributed by atoms with E-state index in [-0.39, 0.29) is 11.8 Å². The fourth-order valence-corrected chi connectivity index (χ4v) is 3.92. The van der Waals surface area contributed by atoms with Gasteiger partial charge in [-0.05, 0) is 43.6 Å². The van der Waals surface area contributed by atoms with Crippen LogP contribution in [0.2, 0.25) is 0 Å². The van der Waals surface area contributed by atoms with E-state index < -0.39 is 6.04 Å². The molecular formula is C20H26N4O3. The summed E-state index contributed by atoms with van der Waals surface area (Å²) >= 11 is 0. The van der Waals surface area contributed by atoms with Crippen LogP contribution >= 0.6 is 0 Å². The lowest BCUT2D eigenvalue weighted by molar-refractivity contribution is -0.134. The van der Waals surface area contributed by atoms with Gasteiger partial charge in [0.25, 0.3) is 5.91 Å². The minimum Gasteiger partial charge on any atom is -0.481 e. The molecule has 0 bridgehead atoms. The van der Waals surface area contributed by atoms with Gasteiger partial charge in [0.05, 0.1) is 18.8 Å². The van der Waals surface area contributed by atoms with Crippen molar-refractivity contribution in [2.24, 2.45) is 5.41 Å². The number of likely N-dealkylation sites (tertiary alicyclic amines) is 1. The fourth-order valence-electron chi connectivity index (χ4n) is 3.92. The Morgan fingerprint density at radius 2 is 2.04 bits per heavy atom. The van der Waals surface area contributed by atoms with Crippen LogP contribution < -0.4 is 10.1 Å². The maximum absolute atomic E-state index is 12.9. The monoisotopic (exact) mass is 370 g/mol. The number of hydrogen-bond acceptors (Lipinski definition) is 4. The molecule has 0 aromatic carbocycles. The van der Waals surface area contributed by atoms with Crippen LogP contribution in [-0.2, 0) is 4.79 Å². The molecule has 1 aliphatic heterocycles. The lowest BCUT2D eigenvalue weighted by Gasteiger charge is -2.34. The number of piperidine rings is 1. The fraction of sp³-hybridized carbons (Fsp3) is 0.550. The van der Waals surface area contributed by atoms with Gasteiger partial charge < -0.3 is 19.9 Å². The zero-order valence-electron chi connectivity index (χ0n) is 15.9. The molecule has 4 rings (SSSR count). The summed E-state index contributed by atoms with van der Waals surface area (Å²) in [6, 6.07) is 3.03. The first-order valence-electron chi connectivity index (χ1n) is 9.66. The van der Waals surface area contributed by atoms with E-state index in [1.807, 2.05) is 11.8 Å². The van der Waals surface area contributed by atoms with E-state index in [2.05, 4.69) is 15.3 Å². The number of ether oxygens (including phenoxy) is 1. The highest BCUT2D eigenvalue weighted by Gasteiger charge is 2.45. The first-order valence-corrected chi connectivity index (χ1v) is 9.66. The van der Waals surface area contributed by atoms with Crippen molar-refractivity contribution in [3.8, 4) is 5.88 Å². The quantitative estimate of drug-likeness (QED) is 0.846. The Labute approximate surface area is 158 Å². The van der Waals surface area contributed by atoms with E-state index in [4.69, 9.17) is 4.74 Å². The Morgan fingerprint density at radius 1 is 1.30 bits per heavy atom. The van der Waals surface area contributed by atoms with Gasteiger partial charge in [0.2, 0.25) is 11.8 Å². The second kappa shape index (κ2) is 6.87. The normalized spacial score (nSPS) is 19.1. The Morgan fingerprint density at radius 3 is 2.67 bits per heavy atom. The molecule has 1 spiro atoms. The smallest absolute Gasteiger partial charge is 0.268 e. The number of methoxy groups -OCH3 is 1. The molecule has 7 heteroatoms. The molecule has 2 aliphatic rings. The number of pyridine rings is 1. The molecule has 2 N–H and O–H groups in total. The van der Waals surface area contributed by atoms with Crippen molar-refractivity contribution in [1.29, 1.82) is 0 Å². The highest BCUT2D eigenvalue weighted by Crippen LogP contribution is 2.53. The molecule has 0 unspecified atom stereocenters. The molecule has 2 aromatic rings. The molecule has 0 radical (unpaired) electrons. The molecule has 144 valence electrons. The molecule has 1 saturated carbocycles. The largest absolute Gasteiger partial charge is 0.481 e. The third kappa shape index (κ3) is 3.50. The van der Waals surface area contributed by atoms with Gasteiger partial charge in [0, 0.05) is 24.5 Å². The Kier molecular flexibility index (Phi) is 4.53. The van der Waals surface area contributed by atoms with E-state index in [9.17, 15) is 9.59 Å². The number of carbonyl (C=O) groups excluding carboxylic acids is 2. The first kappa shape index (κ1) is 17.8. The number of rotatable bonds is 5. The molecule has 2 aromatic heterocycles. The maximum Gasteiger partial charge on any atom is 0.268 e. The zero-order chi connectivity index (χ0) is 19.0. The van der Waals surface area contributed by atoms with Crippen molar-refractivity contribution >= 4 is 22.7 Å². The van der Waals surface area contributed by atoms with E-state index in [1.165, 1.54) is 12.8 Å². The molecule has 27 heavy (non-hydrogen) atoms. The number of H-pyrrole nitrogens is 1. The van der Waals surface area contributed by atoms with Gasteiger partial charge in [-0.25, -0.2) is 4.98 Å². The summed E-state index contributed by atoms with van der Waals surface area (Å²) in [6.45, 7) is 3.54. The van der Waals surface area contributed by atoms with Crippen molar-refractivity contribution in [2.75, 3.05) is 20.2 Å². The lowest BCUT2D eigenvalue weighted by atomic mass is 9.93. The molecule has 2 fully saturated rings. The van der Waals surface area contributed by atoms with Gasteiger partial charge in [-0.2, -0.15) is 0 Å². The predicted octanol–water partition coefficient (Wildman–Crippen LogP) is 2.48. The number of nitrogens with zero attached hydrogens (tertiary/aromatic N) is 2. The van der Waals surface area contributed by atoms with Gasteiger partial charge in [-0.3, -0.25) is 9.59 Å². The van der Waals surface area contributed by atoms with Crippen LogP contribution in [0.4, 0.5) is 0 Å². The number of nitrogens with one attached hydrogen (secondary N) is 2. The highest BCUT2D eigenvalue weighted by molar-refractivity contribution is 6.00. The van der Waals surface area contributed by atoms with Crippen LogP contribution in [0.1, 0.15) is 49.5 Å². The minimum atomic E-state index is -0.496. The molecule has 7 nitrogen and oxygen atoms in total. The summed E-state index contributed by atoms with van der Waals surface area (Å²) in [5.41, 5.74) is 1.70. The van der Waals surface area contributed by atoms with E-state index in [0.29, 0.717) is 23.4 Å². The van der Waals surface area contributed by atoms with Crippen LogP contribution in [0.15, 0.2) is 18.3 Å². The van der Waals surface area contributed by atoms with Crippen molar-refractivity contribution in [3.05, 3.63) is 24.0 Å². The number of hydrogen-bond donors (Lipinski definition) is 2. The molecule has 1 aliphatic carbocycles. The summed E-state index contributed by atoms with van der Waals surface area (Å²) in [5, 5.41) is 3.74. The summed E-state index contributed by atoms with van der Waals surface area (Å²) in [5.74, 6) is 0.246. The summed E-state index contributed by atoms with van der Waals surface area (Å²) in [6.07, 6.45) is 7.02. The number of aromatic nitrogens is 2. The van der Waals surface area contributed by atoms with Gasteiger partial charge in [0.15, 0.2) is 0 Å². The summed E-state index contributed by atoms with van der Waals surface area (Å²) in [4.78, 5) is 34.6. The first-order chi connectivity index (χ1) is 13.0. The van der Waals surface area contributed by atoms with Gasteiger partial charge in [-0.15, -0.1) is 0 Å². The lowest BCUT2D eigenvalue weighted by Crippen LogP contribution is -2.50. The third-order valence-corrected chi connectivity index (χ3v) is 6.04. The number of fused-ring (bicyclic) bond motifs is 1. The van der Waals surface area contributed by atoms with Gasteiger partial charge in [-0.1, -0.05) is 6.92 Å². The van der Waals surface area contributed by atoms with E-state index in [1.54, 1.807) is 25.4 Å². The maximum atomic E-state index is 12.9. The number of aromatic amines is 1. The van der Waals surface area contributed by atoms with Gasteiger partial charge >= 0.3 is 0 Å².